The molecule has 0 saturated carbocycles. The number of hydrogen-bond donors (Lipinski definition) is 0. The van der Waals surface area contributed by atoms with Crippen molar-refractivity contribution in [2.45, 2.75) is 26.2 Å². The zero-order chi connectivity index (χ0) is 10.4. The minimum absolute atomic E-state index is 0.00634. The smallest absolute Gasteiger partial charge is 0.305 e. The van der Waals surface area contributed by atoms with E-state index in [1.54, 1.807) is 6.92 Å². The molecule has 1 atom stereocenters. The van der Waals surface area contributed by atoms with Crippen LogP contribution >= 0.6 is 0 Å². The highest BCUT2D eigenvalue weighted by atomic mass is 16.5. The Labute approximate surface area is 83.6 Å². The van der Waals surface area contributed by atoms with Gasteiger partial charge >= 0.3 is 5.97 Å². The van der Waals surface area contributed by atoms with Crippen LogP contribution in [0.4, 0.5) is 0 Å². The third kappa shape index (κ3) is 3.46. The van der Waals surface area contributed by atoms with Crippen LogP contribution in [0.2, 0.25) is 0 Å². The van der Waals surface area contributed by atoms with Gasteiger partial charge in [-0.25, -0.2) is 0 Å². The first-order valence-electron chi connectivity index (χ1n) is 5.00. The van der Waals surface area contributed by atoms with Gasteiger partial charge < -0.3 is 9.47 Å². The van der Waals surface area contributed by atoms with Gasteiger partial charge in [0.05, 0.1) is 6.61 Å². The normalized spacial score (nSPS) is 22.1. The summed E-state index contributed by atoms with van der Waals surface area (Å²) >= 11 is 0. The van der Waals surface area contributed by atoms with Gasteiger partial charge in [-0.15, -0.1) is 0 Å². The lowest BCUT2D eigenvalue weighted by molar-refractivity contribution is -0.144. The molecule has 1 aliphatic rings. The lowest BCUT2D eigenvalue weighted by Gasteiger charge is -2.20. The van der Waals surface area contributed by atoms with Crippen LogP contribution in [0.3, 0.4) is 0 Å². The molecule has 1 unspecified atom stereocenters. The van der Waals surface area contributed by atoms with Crippen molar-refractivity contribution in [1.82, 2.24) is 0 Å². The van der Waals surface area contributed by atoms with Crippen LogP contribution in [0.1, 0.15) is 26.2 Å². The second kappa shape index (κ2) is 5.75. The summed E-state index contributed by atoms with van der Waals surface area (Å²) in [5, 5.41) is 0. The van der Waals surface area contributed by atoms with Gasteiger partial charge in [0.15, 0.2) is 5.78 Å². The minimum Gasteiger partial charge on any atom is -0.466 e. The summed E-state index contributed by atoms with van der Waals surface area (Å²) < 4.78 is 9.79. The van der Waals surface area contributed by atoms with E-state index in [2.05, 4.69) is 0 Å². The van der Waals surface area contributed by atoms with E-state index in [-0.39, 0.29) is 24.3 Å². The Hall–Kier alpha value is -0.900. The second-order valence-corrected chi connectivity index (χ2v) is 3.35. The zero-order valence-corrected chi connectivity index (χ0v) is 8.45. The average molecular weight is 200 g/mol. The van der Waals surface area contributed by atoms with Crippen molar-refractivity contribution in [2.75, 3.05) is 19.8 Å². The number of rotatable bonds is 4. The predicted molar refractivity (Wildman–Crippen MR) is 49.8 cm³/mol. The Morgan fingerprint density at radius 3 is 3.07 bits per heavy atom. The molecule has 80 valence electrons. The van der Waals surface area contributed by atoms with E-state index in [1.807, 2.05) is 0 Å². The highest BCUT2D eigenvalue weighted by Gasteiger charge is 2.23. The number of esters is 1. The standard InChI is InChI=1S/C10H16O4/c1-2-14-10(12)4-3-8-5-6-13-7-9(8)11/h8H,2-7H2,1H3. The number of ether oxygens (including phenoxy) is 2. The highest BCUT2D eigenvalue weighted by Crippen LogP contribution is 2.17. The topological polar surface area (TPSA) is 52.6 Å². The quantitative estimate of drug-likeness (QED) is 0.634. The molecule has 0 aromatic rings. The zero-order valence-electron chi connectivity index (χ0n) is 8.45. The van der Waals surface area contributed by atoms with Crippen molar-refractivity contribution in [1.29, 1.82) is 0 Å². The summed E-state index contributed by atoms with van der Waals surface area (Å²) in [6.07, 6.45) is 1.67. The predicted octanol–water partition coefficient (Wildman–Crippen LogP) is 0.935. The number of hydrogen-bond acceptors (Lipinski definition) is 4. The summed E-state index contributed by atoms with van der Waals surface area (Å²) in [7, 11) is 0. The molecule has 0 amide bonds. The Balaban J connectivity index is 2.22. The van der Waals surface area contributed by atoms with Gasteiger partial charge in [0.25, 0.3) is 0 Å². The summed E-state index contributed by atoms with van der Waals surface area (Å²) in [6, 6.07) is 0. The van der Waals surface area contributed by atoms with Crippen LogP contribution < -0.4 is 0 Å². The average Bonchev–Trinajstić information content (AvgIpc) is 2.17. The number of carbonyl (C=O) groups excluding carboxylic acids is 2. The highest BCUT2D eigenvalue weighted by molar-refractivity contribution is 5.83. The molecule has 1 aliphatic heterocycles. The lowest BCUT2D eigenvalue weighted by Crippen LogP contribution is -2.28. The Morgan fingerprint density at radius 1 is 1.64 bits per heavy atom. The van der Waals surface area contributed by atoms with Crippen molar-refractivity contribution < 1.29 is 19.1 Å². The molecule has 1 heterocycles. The number of ketones is 1. The fourth-order valence-electron chi connectivity index (χ4n) is 1.51. The van der Waals surface area contributed by atoms with E-state index < -0.39 is 0 Å². The van der Waals surface area contributed by atoms with E-state index in [0.717, 1.165) is 6.42 Å². The van der Waals surface area contributed by atoms with E-state index in [9.17, 15) is 9.59 Å². The third-order valence-corrected chi connectivity index (χ3v) is 2.31. The van der Waals surface area contributed by atoms with Crippen molar-refractivity contribution in [2.24, 2.45) is 5.92 Å². The van der Waals surface area contributed by atoms with Gasteiger partial charge in [0, 0.05) is 18.9 Å². The molecule has 0 aromatic heterocycles. The molecule has 4 heteroatoms. The molecule has 0 radical (unpaired) electrons. The largest absolute Gasteiger partial charge is 0.466 e. The number of Topliss-reactive ketones (excluding diaryl/α,β-unsaturated/α-hetero) is 1. The maximum atomic E-state index is 11.3. The minimum atomic E-state index is -0.216. The Bertz CT molecular complexity index is 212. The maximum absolute atomic E-state index is 11.3. The van der Waals surface area contributed by atoms with Crippen LogP contribution in [0, 0.1) is 5.92 Å². The molecular formula is C10H16O4. The molecule has 1 fully saturated rings. The molecule has 1 rings (SSSR count). The third-order valence-electron chi connectivity index (χ3n) is 2.31. The molecule has 4 nitrogen and oxygen atoms in total. The van der Waals surface area contributed by atoms with Gasteiger partial charge in [-0.05, 0) is 19.8 Å². The van der Waals surface area contributed by atoms with Gasteiger partial charge in [-0.3, -0.25) is 9.59 Å². The maximum Gasteiger partial charge on any atom is 0.305 e. The SMILES string of the molecule is CCOC(=O)CCC1CCOCC1=O. The van der Waals surface area contributed by atoms with Gasteiger partial charge in [-0.1, -0.05) is 0 Å². The van der Waals surface area contributed by atoms with Crippen LogP contribution in [0.15, 0.2) is 0 Å². The molecule has 0 bridgehead atoms. The van der Waals surface area contributed by atoms with Crippen molar-refractivity contribution >= 4 is 11.8 Å². The van der Waals surface area contributed by atoms with E-state index in [0.29, 0.717) is 26.1 Å². The molecule has 0 N–H and O–H groups in total. The summed E-state index contributed by atoms with van der Waals surface area (Å²) in [4.78, 5) is 22.3. The number of carbonyl (C=O) groups is 2. The van der Waals surface area contributed by atoms with Gasteiger partial charge in [-0.2, -0.15) is 0 Å². The van der Waals surface area contributed by atoms with E-state index in [1.165, 1.54) is 0 Å². The molecule has 0 aliphatic carbocycles. The molecule has 14 heavy (non-hydrogen) atoms. The fraction of sp³-hybridized carbons (Fsp3) is 0.800. The van der Waals surface area contributed by atoms with Crippen molar-refractivity contribution in [3.05, 3.63) is 0 Å². The van der Waals surface area contributed by atoms with Gasteiger partial charge in [0.1, 0.15) is 6.61 Å². The Kier molecular flexibility index (Phi) is 4.59. The first-order chi connectivity index (χ1) is 6.74. The van der Waals surface area contributed by atoms with Crippen LogP contribution in [-0.2, 0) is 19.1 Å². The first kappa shape index (κ1) is 11.2. The van der Waals surface area contributed by atoms with Gasteiger partial charge in [0.2, 0.25) is 0 Å². The summed E-state index contributed by atoms with van der Waals surface area (Å²) in [6.45, 7) is 3.00. The van der Waals surface area contributed by atoms with Crippen molar-refractivity contribution in [3.63, 3.8) is 0 Å². The summed E-state index contributed by atoms with van der Waals surface area (Å²) in [5.74, 6) is -0.111. The lowest BCUT2D eigenvalue weighted by atomic mass is 9.94. The van der Waals surface area contributed by atoms with Crippen LogP contribution in [-0.4, -0.2) is 31.6 Å². The summed E-state index contributed by atoms with van der Waals surface area (Å²) in [5.41, 5.74) is 0. The first-order valence-corrected chi connectivity index (χ1v) is 5.00. The van der Waals surface area contributed by atoms with Crippen LogP contribution in [0.25, 0.3) is 0 Å². The van der Waals surface area contributed by atoms with E-state index in [4.69, 9.17) is 9.47 Å². The molecular weight excluding hydrogens is 184 g/mol. The monoisotopic (exact) mass is 200 g/mol. The Morgan fingerprint density at radius 2 is 2.43 bits per heavy atom. The van der Waals surface area contributed by atoms with Crippen molar-refractivity contribution in [3.8, 4) is 0 Å². The molecule has 0 aromatic carbocycles. The second-order valence-electron chi connectivity index (χ2n) is 3.35. The van der Waals surface area contributed by atoms with E-state index >= 15 is 0 Å². The fourth-order valence-corrected chi connectivity index (χ4v) is 1.51. The molecule has 1 saturated heterocycles. The van der Waals surface area contributed by atoms with Crippen LogP contribution in [0.5, 0.6) is 0 Å². The molecule has 0 spiro atoms.